The molecule has 0 amide bonds. The van der Waals surface area contributed by atoms with Crippen molar-refractivity contribution in [2.24, 2.45) is 0 Å². The molecule has 1 N–H and O–H groups in total. The number of nitrogens with zero attached hydrogens (tertiary/aromatic N) is 3. The van der Waals surface area contributed by atoms with Gasteiger partial charge in [0.15, 0.2) is 0 Å². The minimum Gasteiger partial charge on any atom is -0.312 e. The first-order chi connectivity index (χ1) is 7.95. The van der Waals surface area contributed by atoms with E-state index in [0.29, 0.717) is 0 Å². The van der Waals surface area contributed by atoms with Gasteiger partial charge in [0.1, 0.15) is 0 Å². The van der Waals surface area contributed by atoms with Crippen molar-refractivity contribution in [2.75, 3.05) is 26.2 Å². The molecule has 4 nitrogen and oxygen atoms in total. The highest BCUT2D eigenvalue weighted by Crippen LogP contribution is 2.08. The first kappa shape index (κ1) is 12.0. The molecule has 0 aliphatic carbocycles. The molecule has 1 aliphatic heterocycles. The molecule has 0 saturated carbocycles. The van der Waals surface area contributed by atoms with Gasteiger partial charge in [-0.1, -0.05) is 10.9 Å². The number of aromatic nitrogens is 2. The Morgan fingerprint density at radius 2 is 2.19 bits per heavy atom. The highest BCUT2D eigenvalue weighted by molar-refractivity contribution is 7.05. The van der Waals surface area contributed by atoms with E-state index < -0.39 is 0 Å². The zero-order valence-corrected chi connectivity index (χ0v) is 10.5. The van der Waals surface area contributed by atoms with Crippen molar-refractivity contribution < 1.29 is 0 Å². The maximum atomic E-state index is 3.84. The molecule has 0 spiro atoms. The van der Waals surface area contributed by atoms with E-state index in [1.807, 2.05) is 6.20 Å². The van der Waals surface area contributed by atoms with E-state index in [1.165, 1.54) is 61.7 Å². The summed E-state index contributed by atoms with van der Waals surface area (Å²) in [4.78, 5) is 3.80. The molecule has 1 aromatic rings. The third kappa shape index (κ3) is 4.15. The van der Waals surface area contributed by atoms with Gasteiger partial charge in [-0.05, 0) is 57.0 Å². The van der Waals surface area contributed by atoms with Gasteiger partial charge < -0.3 is 10.2 Å². The number of hydrogen-bond donors (Lipinski definition) is 1. The lowest BCUT2D eigenvalue weighted by molar-refractivity contribution is 0.225. The standard InChI is InChI=1S/C11H20N4S/c1-2-6-15(7-3-1)8-4-5-12-9-11-10-13-14-16-11/h10,12H,1-9H2. The van der Waals surface area contributed by atoms with E-state index >= 15 is 0 Å². The summed E-state index contributed by atoms with van der Waals surface area (Å²) in [6.45, 7) is 5.86. The summed E-state index contributed by atoms with van der Waals surface area (Å²) >= 11 is 1.47. The number of rotatable bonds is 6. The topological polar surface area (TPSA) is 41.1 Å². The summed E-state index contributed by atoms with van der Waals surface area (Å²) in [5, 5.41) is 7.25. The fraction of sp³-hybridized carbons (Fsp3) is 0.818. The summed E-state index contributed by atoms with van der Waals surface area (Å²) in [7, 11) is 0. The third-order valence-electron chi connectivity index (χ3n) is 2.98. The Hall–Kier alpha value is -0.520. The second-order valence-electron chi connectivity index (χ2n) is 4.32. The van der Waals surface area contributed by atoms with Gasteiger partial charge in [0.2, 0.25) is 0 Å². The van der Waals surface area contributed by atoms with Crippen LogP contribution in [0.1, 0.15) is 30.6 Å². The minimum atomic E-state index is 0.914. The Labute approximate surface area is 101 Å². The molecule has 0 bridgehead atoms. The summed E-state index contributed by atoms with van der Waals surface area (Å²) in [5.41, 5.74) is 0. The maximum Gasteiger partial charge on any atom is 0.0666 e. The van der Waals surface area contributed by atoms with Crippen molar-refractivity contribution in [2.45, 2.75) is 32.2 Å². The SMILES string of the molecule is c1nnsc1CNCCCN1CCCCC1. The first-order valence-corrected chi connectivity index (χ1v) is 6.92. The normalized spacial score (nSPS) is 17.8. The molecule has 0 radical (unpaired) electrons. The number of likely N-dealkylation sites (tertiary alicyclic amines) is 1. The zero-order chi connectivity index (χ0) is 11.1. The Kier molecular flexibility index (Phi) is 5.18. The number of hydrogen-bond acceptors (Lipinski definition) is 5. The molecule has 2 heterocycles. The van der Waals surface area contributed by atoms with E-state index in [2.05, 4.69) is 19.8 Å². The summed E-state index contributed by atoms with van der Waals surface area (Å²) < 4.78 is 3.84. The maximum absolute atomic E-state index is 3.84. The molecular weight excluding hydrogens is 220 g/mol. The summed E-state index contributed by atoms with van der Waals surface area (Å²) in [6, 6.07) is 0. The quantitative estimate of drug-likeness (QED) is 0.765. The van der Waals surface area contributed by atoms with Crippen LogP contribution in [-0.2, 0) is 6.54 Å². The van der Waals surface area contributed by atoms with Crippen molar-refractivity contribution in [3.8, 4) is 0 Å². The number of piperidine rings is 1. The largest absolute Gasteiger partial charge is 0.312 e. The van der Waals surface area contributed by atoms with Crippen molar-refractivity contribution in [3.05, 3.63) is 11.1 Å². The summed E-state index contributed by atoms with van der Waals surface area (Å²) in [6.07, 6.45) is 7.28. The zero-order valence-electron chi connectivity index (χ0n) is 9.69. The molecule has 2 rings (SSSR count). The lowest BCUT2D eigenvalue weighted by Gasteiger charge is -2.26. The monoisotopic (exact) mass is 240 g/mol. The van der Waals surface area contributed by atoms with Gasteiger partial charge in [0.25, 0.3) is 0 Å². The number of nitrogens with one attached hydrogen (secondary N) is 1. The van der Waals surface area contributed by atoms with Gasteiger partial charge in [-0.3, -0.25) is 0 Å². The van der Waals surface area contributed by atoms with Crippen LogP contribution in [0.2, 0.25) is 0 Å². The lowest BCUT2D eigenvalue weighted by atomic mass is 10.1. The van der Waals surface area contributed by atoms with Crippen molar-refractivity contribution in [3.63, 3.8) is 0 Å². The molecule has 16 heavy (non-hydrogen) atoms. The van der Waals surface area contributed by atoms with Crippen LogP contribution in [0.15, 0.2) is 6.20 Å². The predicted octanol–water partition coefficient (Wildman–Crippen LogP) is 1.50. The molecule has 1 aromatic heterocycles. The van der Waals surface area contributed by atoms with Crippen LogP contribution in [0, 0.1) is 0 Å². The fourth-order valence-corrected chi connectivity index (χ4v) is 2.55. The van der Waals surface area contributed by atoms with Gasteiger partial charge in [0.05, 0.1) is 11.1 Å². The van der Waals surface area contributed by atoms with Crippen LogP contribution in [0.25, 0.3) is 0 Å². The fourth-order valence-electron chi connectivity index (χ4n) is 2.09. The van der Waals surface area contributed by atoms with Gasteiger partial charge in [-0.2, -0.15) is 0 Å². The molecule has 1 aliphatic rings. The molecule has 0 atom stereocenters. The highest BCUT2D eigenvalue weighted by atomic mass is 32.1. The van der Waals surface area contributed by atoms with Crippen molar-refractivity contribution in [1.29, 1.82) is 0 Å². The van der Waals surface area contributed by atoms with Crippen molar-refractivity contribution >= 4 is 11.5 Å². The van der Waals surface area contributed by atoms with E-state index in [9.17, 15) is 0 Å². The van der Waals surface area contributed by atoms with E-state index in [1.54, 1.807) is 0 Å². The van der Waals surface area contributed by atoms with Gasteiger partial charge in [-0.25, -0.2) is 0 Å². The molecule has 90 valence electrons. The van der Waals surface area contributed by atoms with Crippen LogP contribution in [0.4, 0.5) is 0 Å². The molecule has 5 heteroatoms. The summed E-state index contributed by atoms with van der Waals surface area (Å²) in [5.74, 6) is 0. The average molecular weight is 240 g/mol. The van der Waals surface area contributed by atoms with E-state index in [0.717, 1.165) is 13.1 Å². The first-order valence-electron chi connectivity index (χ1n) is 6.14. The molecule has 0 aromatic carbocycles. The average Bonchev–Trinajstić information content (AvgIpc) is 2.83. The molecule has 1 fully saturated rings. The minimum absolute atomic E-state index is 0.914. The van der Waals surface area contributed by atoms with E-state index in [-0.39, 0.29) is 0 Å². The Bertz CT molecular complexity index is 270. The van der Waals surface area contributed by atoms with Crippen LogP contribution >= 0.6 is 11.5 Å². The van der Waals surface area contributed by atoms with Gasteiger partial charge >= 0.3 is 0 Å². The second kappa shape index (κ2) is 6.93. The molecule has 0 unspecified atom stereocenters. The smallest absolute Gasteiger partial charge is 0.0666 e. The Morgan fingerprint density at radius 3 is 2.94 bits per heavy atom. The Balaban J connectivity index is 1.48. The van der Waals surface area contributed by atoms with Crippen LogP contribution in [-0.4, -0.2) is 40.7 Å². The van der Waals surface area contributed by atoms with Crippen LogP contribution < -0.4 is 5.32 Å². The molecule has 1 saturated heterocycles. The van der Waals surface area contributed by atoms with E-state index in [4.69, 9.17) is 0 Å². The van der Waals surface area contributed by atoms with Crippen molar-refractivity contribution in [1.82, 2.24) is 19.8 Å². The lowest BCUT2D eigenvalue weighted by Crippen LogP contribution is -2.32. The Morgan fingerprint density at radius 1 is 1.31 bits per heavy atom. The predicted molar refractivity (Wildman–Crippen MR) is 66.5 cm³/mol. The molecular formula is C11H20N4S. The van der Waals surface area contributed by atoms with Gasteiger partial charge in [0, 0.05) is 6.54 Å². The van der Waals surface area contributed by atoms with Crippen LogP contribution in [0.5, 0.6) is 0 Å². The highest BCUT2D eigenvalue weighted by Gasteiger charge is 2.08. The van der Waals surface area contributed by atoms with Gasteiger partial charge in [-0.15, -0.1) is 5.10 Å². The van der Waals surface area contributed by atoms with Crippen LogP contribution in [0.3, 0.4) is 0 Å². The second-order valence-corrected chi connectivity index (χ2v) is 5.19. The third-order valence-corrected chi connectivity index (χ3v) is 3.64.